The maximum atomic E-state index is 11.0. The third-order valence-corrected chi connectivity index (χ3v) is 4.68. The highest BCUT2D eigenvalue weighted by atomic mass is 16.5. The van der Waals surface area contributed by atoms with Crippen LogP contribution in [0.2, 0.25) is 0 Å². The minimum Gasteiger partial charge on any atom is -0.490 e. The number of nitrogens with one attached hydrogen (secondary N) is 1. The zero-order valence-electron chi connectivity index (χ0n) is 13.1. The van der Waals surface area contributed by atoms with Gasteiger partial charge < -0.3 is 14.4 Å². The van der Waals surface area contributed by atoms with Crippen LogP contribution >= 0.6 is 0 Å². The average Bonchev–Trinajstić information content (AvgIpc) is 2.62. The summed E-state index contributed by atoms with van der Waals surface area (Å²) in [5.74, 6) is 0.585. The molecule has 0 atom stereocenters. The Hall–Kier alpha value is -1.66. The second-order valence-corrected chi connectivity index (χ2v) is 5.85. The topological polar surface area (TPSA) is 56.0 Å². The van der Waals surface area contributed by atoms with Gasteiger partial charge in [-0.15, -0.1) is 0 Å². The third kappa shape index (κ3) is 3.23. The Balaban J connectivity index is 1.62. The Labute approximate surface area is 131 Å². The minimum atomic E-state index is 0.496. The van der Waals surface area contributed by atoms with Crippen molar-refractivity contribution in [3.8, 4) is 5.75 Å². The molecule has 0 bridgehead atoms. The van der Waals surface area contributed by atoms with Crippen molar-refractivity contribution in [3.05, 3.63) is 23.1 Å². The summed E-state index contributed by atoms with van der Waals surface area (Å²) >= 11 is 0. The van der Waals surface area contributed by atoms with Gasteiger partial charge in [0.2, 0.25) is 0 Å². The molecule has 22 heavy (non-hydrogen) atoms. The van der Waals surface area contributed by atoms with Crippen LogP contribution in [0.4, 0.5) is 11.4 Å². The molecular formula is C16H24N3O3+. The first-order valence-electron chi connectivity index (χ1n) is 7.95. The van der Waals surface area contributed by atoms with Crippen LogP contribution in [-0.2, 0) is 4.74 Å². The van der Waals surface area contributed by atoms with Gasteiger partial charge in [0.15, 0.2) is 5.75 Å². The summed E-state index contributed by atoms with van der Waals surface area (Å²) in [5.41, 5.74) is 1.58. The average molecular weight is 306 g/mol. The van der Waals surface area contributed by atoms with E-state index in [1.54, 1.807) is 7.11 Å². The van der Waals surface area contributed by atoms with Crippen LogP contribution in [0.15, 0.2) is 18.2 Å². The largest absolute Gasteiger partial charge is 0.490 e. The molecule has 2 aliphatic rings. The Morgan fingerprint density at radius 1 is 1.18 bits per heavy atom. The number of rotatable bonds is 4. The summed E-state index contributed by atoms with van der Waals surface area (Å²) < 4.78 is 10.6. The number of benzene rings is 1. The van der Waals surface area contributed by atoms with E-state index in [-0.39, 0.29) is 0 Å². The lowest BCUT2D eigenvalue weighted by Gasteiger charge is -2.40. The zero-order valence-corrected chi connectivity index (χ0v) is 13.1. The van der Waals surface area contributed by atoms with Crippen LogP contribution in [0.1, 0.15) is 12.8 Å². The number of piperidine rings is 1. The first-order valence-corrected chi connectivity index (χ1v) is 7.95. The van der Waals surface area contributed by atoms with E-state index in [2.05, 4.69) is 9.80 Å². The number of hydrogen-bond acceptors (Lipinski definition) is 5. The maximum absolute atomic E-state index is 11.0. The van der Waals surface area contributed by atoms with Crippen molar-refractivity contribution < 1.29 is 14.7 Å². The molecule has 3 rings (SSSR count). The molecular weight excluding hydrogens is 282 g/mol. The fraction of sp³-hybridized carbons (Fsp3) is 0.625. The summed E-state index contributed by atoms with van der Waals surface area (Å²) in [6.07, 6.45) is 2.32. The van der Waals surface area contributed by atoms with Gasteiger partial charge in [-0.05, 0) is 25.0 Å². The third-order valence-electron chi connectivity index (χ3n) is 4.68. The summed E-state index contributed by atoms with van der Waals surface area (Å²) in [4.78, 5) is 15.9. The predicted octanol–water partition coefficient (Wildman–Crippen LogP) is 0.475. The Morgan fingerprint density at radius 2 is 1.91 bits per heavy atom. The highest BCUT2D eigenvalue weighted by Gasteiger charge is 2.26. The Morgan fingerprint density at radius 3 is 2.55 bits per heavy atom. The van der Waals surface area contributed by atoms with Crippen LogP contribution in [0.3, 0.4) is 0 Å². The number of ether oxygens (including phenoxy) is 2. The number of hydrogen-bond donors (Lipinski definition) is 1. The van der Waals surface area contributed by atoms with Crippen molar-refractivity contribution in [3.63, 3.8) is 0 Å². The molecule has 0 aromatic heterocycles. The molecule has 120 valence electrons. The molecule has 0 spiro atoms. The molecule has 6 nitrogen and oxygen atoms in total. The van der Waals surface area contributed by atoms with E-state index in [9.17, 15) is 4.91 Å². The Kier molecular flexibility index (Phi) is 4.90. The van der Waals surface area contributed by atoms with Gasteiger partial charge in [-0.2, -0.15) is 0 Å². The molecule has 6 heteroatoms. The van der Waals surface area contributed by atoms with Crippen molar-refractivity contribution in [1.29, 1.82) is 0 Å². The van der Waals surface area contributed by atoms with Crippen molar-refractivity contribution in [2.45, 2.75) is 18.9 Å². The van der Waals surface area contributed by atoms with Gasteiger partial charge in [0, 0.05) is 54.1 Å². The first-order chi connectivity index (χ1) is 10.8. The van der Waals surface area contributed by atoms with Gasteiger partial charge in [0.05, 0.1) is 20.3 Å². The number of methoxy groups -OCH3 is 1. The molecule has 0 aliphatic carbocycles. The van der Waals surface area contributed by atoms with E-state index >= 15 is 0 Å². The van der Waals surface area contributed by atoms with E-state index in [1.807, 2.05) is 23.4 Å². The molecule has 0 unspecified atom stereocenters. The number of nitrogens with zero attached hydrogens (tertiary/aromatic N) is 2. The minimum absolute atomic E-state index is 0.496. The lowest BCUT2D eigenvalue weighted by atomic mass is 10.0. The van der Waals surface area contributed by atoms with Crippen LogP contribution in [-0.4, -0.2) is 57.4 Å². The standard InChI is InChI=1S/C16H23N3O3/c1-21-16-3-2-14(12-15(16)17-20)18-6-4-13(5-7-18)19-8-10-22-11-9-19/h2-3,12-13H,4-11H2,1H3/p+1. The van der Waals surface area contributed by atoms with E-state index in [1.165, 1.54) is 0 Å². The zero-order chi connectivity index (χ0) is 15.4. The van der Waals surface area contributed by atoms with Gasteiger partial charge in [0.25, 0.3) is 5.69 Å². The second-order valence-electron chi connectivity index (χ2n) is 5.85. The van der Waals surface area contributed by atoms with Gasteiger partial charge >= 0.3 is 0 Å². The summed E-state index contributed by atoms with van der Waals surface area (Å²) in [6, 6.07) is 6.41. The highest BCUT2D eigenvalue weighted by Crippen LogP contribution is 2.28. The Bertz CT molecular complexity index is 509. The van der Waals surface area contributed by atoms with Crippen molar-refractivity contribution >= 4 is 11.4 Å². The molecule has 2 fully saturated rings. The summed E-state index contributed by atoms with van der Waals surface area (Å²) in [7, 11) is 1.57. The summed E-state index contributed by atoms with van der Waals surface area (Å²) in [5, 5.41) is 1.96. The van der Waals surface area contributed by atoms with E-state index in [0.717, 1.165) is 57.9 Å². The second kappa shape index (κ2) is 7.07. The van der Waals surface area contributed by atoms with Crippen molar-refractivity contribution in [1.82, 2.24) is 4.90 Å². The van der Waals surface area contributed by atoms with Gasteiger partial charge in [-0.1, -0.05) is 0 Å². The van der Waals surface area contributed by atoms with Crippen LogP contribution in [0.25, 0.3) is 0 Å². The number of nitroso groups, excluding NO2 is 1. The van der Waals surface area contributed by atoms with Crippen LogP contribution in [0.5, 0.6) is 5.75 Å². The lowest BCUT2D eigenvalue weighted by molar-refractivity contribution is -0.380. The van der Waals surface area contributed by atoms with Gasteiger partial charge in [0.1, 0.15) is 0 Å². The summed E-state index contributed by atoms with van der Waals surface area (Å²) in [6.45, 7) is 5.86. The van der Waals surface area contributed by atoms with Crippen LogP contribution < -0.4 is 14.8 Å². The van der Waals surface area contributed by atoms with Gasteiger partial charge in [-0.25, -0.2) is 0 Å². The van der Waals surface area contributed by atoms with E-state index in [0.29, 0.717) is 17.5 Å². The molecule has 2 aliphatic heterocycles. The van der Waals surface area contributed by atoms with Gasteiger partial charge in [-0.3, -0.25) is 4.90 Å². The van der Waals surface area contributed by atoms with E-state index in [4.69, 9.17) is 9.47 Å². The normalized spacial score (nSPS) is 20.9. The number of anilines is 1. The number of morpholine rings is 1. The predicted molar refractivity (Wildman–Crippen MR) is 84.6 cm³/mol. The fourth-order valence-corrected chi connectivity index (χ4v) is 3.40. The quantitative estimate of drug-likeness (QED) is 0.876. The van der Waals surface area contributed by atoms with Crippen LogP contribution in [0, 0.1) is 4.91 Å². The molecule has 0 amide bonds. The molecule has 1 N–H and O–H groups in total. The van der Waals surface area contributed by atoms with Crippen molar-refractivity contribution in [2.24, 2.45) is 0 Å². The molecule has 0 radical (unpaired) electrons. The SMILES string of the molecule is COc1ccc(N2CCC(N3CCOCC3)CC2)cc1[NH+]=O. The first kappa shape index (κ1) is 15.2. The molecule has 0 saturated carbocycles. The van der Waals surface area contributed by atoms with Crippen molar-refractivity contribution in [2.75, 3.05) is 51.4 Å². The lowest BCUT2D eigenvalue weighted by Crippen LogP contribution is -2.56. The molecule has 2 saturated heterocycles. The maximum Gasteiger partial charge on any atom is 0.296 e. The molecule has 1 aromatic carbocycles. The fourth-order valence-electron chi connectivity index (χ4n) is 3.40. The monoisotopic (exact) mass is 306 g/mol. The highest BCUT2D eigenvalue weighted by molar-refractivity contribution is 5.59. The molecule has 1 aromatic rings. The van der Waals surface area contributed by atoms with E-state index < -0.39 is 0 Å². The smallest absolute Gasteiger partial charge is 0.296 e. The molecule has 2 heterocycles.